The average Bonchev–Trinajstić information content (AvgIpc) is 3.10. The minimum absolute atomic E-state index is 0.0594. The Balaban J connectivity index is 2.07. The maximum Gasteiger partial charge on any atom is 0.325 e. The van der Waals surface area contributed by atoms with Gasteiger partial charge in [-0.05, 0) is 39.3 Å². The van der Waals surface area contributed by atoms with Gasteiger partial charge in [0.15, 0.2) is 9.84 Å². The molecular weight excluding hydrogens is 268 g/mol. The normalized spacial score (nSPS) is 29.3. The van der Waals surface area contributed by atoms with Crippen molar-refractivity contribution in [2.75, 3.05) is 32.1 Å². The number of hydrogen-bond acceptors (Lipinski definition) is 5. The molecule has 2 unspecified atom stereocenters. The second kappa shape index (κ2) is 5.03. The molecule has 1 heterocycles. The summed E-state index contributed by atoms with van der Waals surface area (Å²) >= 11 is 0. The maximum absolute atomic E-state index is 11.6. The van der Waals surface area contributed by atoms with E-state index in [4.69, 9.17) is 0 Å². The van der Waals surface area contributed by atoms with Crippen molar-refractivity contribution in [1.82, 2.24) is 10.2 Å². The molecule has 19 heavy (non-hydrogen) atoms. The molecule has 0 aromatic carbocycles. The van der Waals surface area contributed by atoms with Crippen LogP contribution in [0.1, 0.15) is 19.3 Å². The van der Waals surface area contributed by atoms with E-state index >= 15 is 0 Å². The highest BCUT2D eigenvalue weighted by Gasteiger charge is 2.51. The molecule has 7 heteroatoms. The lowest BCUT2D eigenvalue weighted by atomic mass is 9.92. The molecule has 0 bridgehead atoms. The number of likely N-dealkylation sites (N-methyl/N-ethyl adjacent to an activating group) is 2. The quantitative estimate of drug-likeness (QED) is 0.689. The summed E-state index contributed by atoms with van der Waals surface area (Å²) in [7, 11) is 0.557. The van der Waals surface area contributed by atoms with E-state index in [9.17, 15) is 18.3 Å². The van der Waals surface area contributed by atoms with Gasteiger partial charge < -0.3 is 10.4 Å². The van der Waals surface area contributed by atoms with Crippen molar-refractivity contribution in [2.45, 2.75) is 30.8 Å². The van der Waals surface area contributed by atoms with E-state index in [1.54, 1.807) is 7.05 Å². The zero-order chi connectivity index (χ0) is 14.3. The second-order valence-corrected chi connectivity index (χ2v) is 8.00. The van der Waals surface area contributed by atoms with Gasteiger partial charge in [0.2, 0.25) is 0 Å². The molecule has 1 aliphatic heterocycles. The fraction of sp³-hybridized carbons (Fsp3) is 0.917. The molecule has 0 radical (unpaired) electrons. The summed E-state index contributed by atoms with van der Waals surface area (Å²) in [5.74, 6) is -0.334. The Morgan fingerprint density at radius 2 is 2.05 bits per heavy atom. The Labute approximate surface area is 114 Å². The predicted octanol–water partition coefficient (Wildman–Crippen LogP) is -0.442. The van der Waals surface area contributed by atoms with E-state index in [-0.39, 0.29) is 23.5 Å². The van der Waals surface area contributed by atoms with Crippen molar-refractivity contribution in [1.29, 1.82) is 0 Å². The van der Waals surface area contributed by atoms with Crippen LogP contribution >= 0.6 is 0 Å². The third kappa shape index (κ3) is 2.93. The molecule has 0 aromatic rings. The fourth-order valence-electron chi connectivity index (χ4n) is 2.98. The Morgan fingerprint density at radius 3 is 2.42 bits per heavy atom. The Hall–Kier alpha value is -0.660. The third-order valence-electron chi connectivity index (χ3n) is 4.43. The predicted molar refractivity (Wildman–Crippen MR) is 71.8 cm³/mol. The van der Waals surface area contributed by atoms with Gasteiger partial charge in [0.25, 0.3) is 0 Å². The van der Waals surface area contributed by atoms with Gasteiger partial charge in [0.05, 0.1) is 11.5 Å². The van der Waals surface area contributed by atoms with Crippen LogP contribution in [0.2, 0.25) is 0 Å². The van der Waals surface area contributed by atoms with Crippen LogP contribution in [0.15, 0.2) is 0 Å². The topological polar surface area (TPSA) is 86.7 Å². The number of carbonyl (C=O) groups is 1. The second-order valence-electron chi connectivity index (χ2n) is 5.77. The molecule has 2 atom stereocenters. The third-order valence-corrected chi connectivity index (χ3v) is 6.18. The van der Waals surface area contributed by atoms with E-state index in [0.29, 0.717) is 13.0 Å². The van der Waals surface area contributed by atoms with Crippen LogP contribution in [-0.4, -0.2) is 68.1 Å². The number of aliphatic carboxylic acids is 1. The molecular formula is C12H22N2O4S. The molecule has 2 N–H and O–H groups in total. The summed E-state index contributed by atoms with van der Waals surface area (Å²) in [6, 6.07) is -0.0594. The van der Waals surface area contributed by atoms with Crippen LogP contribution in [0.4, 0.5) is 0 Å². The zero-order valence-electron chi connectivity index (χ0n) is 11.4. The summed E-state index contributed by atoms with van der Waals surface area (Å²) in [4.78, 5) is 13.5. The van der Waals surface area contributed by atoms with E-state index in [1.165, 1.54) is 0 Å². The van der Waals surface area contributed by atoms with Crippen LogP contribution in [0, 0.1) is 5.92 Å². The maximum atomic E-state index is 11.6. The van der Waals surface area contributed by atoms with Gasteiger partial charge in [-0.2, -0.15) is 0 Å². The highest BCUT2D eigenvalue weighted by Crippen LogP contribution is 2.40. The molecule has 6 nitrogen and oxygen atoms in total. The monoisotopic (exact) mass is 290 g/mol. The van der Waals surface area contributed by atoms with Gasteiger partial charge in [-0.15, -0.1) is 0 Å². The van der Waals surface area contributed by atoms with E-state index < -0.39 is 21.3 Å². The molecule has 0 aromatic heterocycles. The van der Waals surface area contributed by atoms with Crippen molar-refractivity contribution in [3.63, 3.8) is 0 Å². The number of carboxylic acids is 1. The number of rotatable bonds is 6. The SMILES string of the molecule is CNC(CN(C)C1CCS(=O)(=O)C1)(C(=O)O)C1CC1. The molecule has 0 spiro atoms. The zero-order valence-corrected chi connectivity index (χ0v) is 12.2. The van der Waals surface area contributed by atoms with Crippen LogP contribution in [-0.2, 0) is 14.6 Å². The Morgan fingerprint density at radius 1 is 1.42 bits per heavy atom. The molecule has 110 valence electrons. The first-order valence-corrected chi connectivity index (χ1v) is 8.46. The Bertz CT molecular complexity index is 460. The standard InChI is InChI=1S/C12H22N2O4S/c1-13-12(11(15)16,9-3-4-9)8-14(2)10-5-6-19(17,18)7-10/h9-10,13H,3-8H2,1-2H3,(H,15,16). The number of nitrogens with zero attached hydrogens (tertiary/aromatic N) is 1. The first-order chi connectivity index (χ1) is 8.81. The van der Waals surface area contributed by atoms with Crippen molar-refractivity contribution in [2.24, 2.45) is 5.92 Å². The van der Waals surface area contributed by atoms with Gasteiger partial charge in [-0.3, -0.25) is 9.69 Å². The number of hydrogen-bond donors (Lipinski definition) is 2. The van der Waals surface area contributed by atoms with Crippen LogP contribution < -0.4 is 5.32 Å². The van der Waals surface area contributed by atoms with Crippen molar-refractivity contribution < 1.29 is 18.3 Å². The van der Waals surface area contributed by atoms with E-state index in [2.05, 4.69) is 5.32 Å². The summed E-state index contributed by atoms with van der Waals surface area (Å²) in [6.07, 6.45) is 2.44. The molecule has 2 rings (SSSR count). The van der Waals surface area contributed by atoms with Gasteiger partial charge in [-0.1, -0.05) is 0 Å². The van der Waals surface area contributed by atoms with E-state index in [0.717, 1.165) is 12.8 Å². The molecule has 1 saturated heterocycles. The van der Waals surface area contributed by atoms with Crippen molar-refractivity contribution >= 4 is 15.8 Å². The number of carboxylic acid groups (broad SMARTS) is 1. The van der Waals surface area contributed by atoms with E-state index in [1.807, 2.05) is 11.9 Å². The lowest BCUT2D eigenvalue weighted by Crippen LogP contribution is -2.60. The van der Waals surface area contributed by atoms with Crippen LogP contribution in [0.3, 0.4) is 0 Å². The molecule has 1 aliphatic carbocycles. The van der Waals surface area contributed by atoms with Gasteiger partial charge in [-0.25, -0.2) is 8.42 Å². The first-order valence-electron chi connectivity index (χ1n) is 6.64. The minimum atomic E-state index is -2.94. The van der Waals surface area contributed by atoms with Crippen LogP contribution in [0.25, 0.3) is 0 Å². The highest BCUT2D eigenvalue weighted by molar-refractivity contribution is 7.91. The number of sulfone groups is 1. The summed E-state index contributed by atoms with van der Waals surface area (Å²) in [5.41, 5.74) is -0.943. The fourth-order valence-corrected chi connectivity index (χ4v) is 4.79. The van der Waals surface area contributed by atoms with Gasteiger partial charge in [0, 0.05) is 12.6 Å². The molecule has 2 fully saturated rings. The summed E-state index contributed by atoms with van der Waals surface area (Å²) < 4.78 is 23.0. The van der Waals surface area contributed by atoms with Crippen molar-refractivity contribution in [3.05, 3.63) is 0 Å². The number of nitrogens with one attached hydrogen (secondary N) is 1. The first kappa shape index (κ1) is 14.7. The highest BCUT2D eigenvalue weighted by atomic mass is 32.2. The average molecular weight is 290 g/mol. The van der Waals surface area contributed by atoms with Crippen molar-refractivity contribution in [3.8, 4) is 0 Å². The van der Waals surface area contributed by atoms with Gasteiger partial charge in [0.1, 0.15) is 5.54 Å². The minimum Gasteiger partial charge on any atom is -0.480 e. The lowest BCUT2D eigenvalue weighted by molar-refractivity contribution is -0.146. The van der Waals surface area contributed by atoms with Gasteiger partial charge >= 0.3 is 5.97 Å². The lowest BCUT2D eigenvalue weighted by Gasteiger charge is -2.35. The van der Waals surface area contributed by atoms with Crippen LogP contribution in [0.5, 0.6) is 0 Å². The molecule has 0 amide bonds. The molecule has 2 aliphatic rings. The smallest absolute Gasteiger partial charge is 0.325 e. The summed E-state index contributed by atoms with van der Waals surface area (Å²) in [6.45, 7) is 0.351. The largest absolute Gasteiger partial charge is 0.480 e. The molecule has 1 saturated carbocycles. The Kier molecular flexibility index (Phi) is 3.90. The summed E-state index contributed by atoms with van der Waals surface area (Å²) in [5, 5.41) is 12.5.